The number of nitroso groups, excluding NO2 is 1. The van der Waals surface area contributed by atoms with E-state index in [0.29, 0.717) is 0 Å². The van der Waals surface area contributed by atoms with Crippen molar-refractivity contribution in [1.82, 2.24) is 4.85 Å². The smallest absolute Gasteiger partial charge is 0.322 e. The highest BCUT2D eigenvalue weighted by Gasteiger charge is 2.05. The van der Waals surface area contributed by atoms with Gasteiger partial charge in [-0.25, -0.2) is 0 Å². The van der Waals surface area contributed by atoms with E-state index in [9.17, 15) is 0 Å². The van der Waals surface area contributed by atoms with Crippen molar-refractivity contribution in [2.24, 2.45) is 0 Å². The predicted molar refractivity (Wildman–Crippen MR) is 24.1 cm³/mol. The second kappa shape index (κ2) is 2.05. The van der Waals surface area contributed by atoms with Crippen LogP contribution in [-0.4, -0.2) is 20.3 Å². The maximum atomic E-state index is 9.01. The molecule has 0 fully saturated rings. The highest BCUT2D eigenvalue weighted by Crippen LogP contribution is 2.26. The summed E-state index contributed by atoms with van der Waals surface area (Å²) in [5.74, 6) is 0. The Balaban J connectivity index is 4.66. The van der Waals surface area contributed by atoms with Crippen LogP contribution >= 0.6 is 7.57 Å². The second-order valence-electron chi connectivity index (χ2n) is 0.760. The Labute approximate surface area is 38.8 Å². The zero-order valence-electron chi connectivity index (χ0n) is 3.14. The molecule has 0 aliphatic heterocycles. The van der Waals surface area contributed by atoms with Crippen LogP contribution in [-0.2, 0) is 0 Å². The van der Waals surface area contributed by atoms with Gasteiger partial charge in [-0.15, -0.1) is 0 Å². The first-order valence-electron chi connectivity index (χ1n) is 1.23. The summed E-state index contributed by atoms with van der Waals surface area (Å²) in [6, 6.07) is 0. The fourth-order valence-corrected chi connectivity index (χ4v) is 0.164. The number of nitrogens with zero attached hydrogens (tertiary/aromatic N) is 1. The molecule has 3 N–H and O–H groups in total. The van der Waals surface area contributed by atoms with Crippen molar-refractivity contribution in [1.29, 1.82) is 0 Å². The Hall–Kier alpha value is -0.400. The standard InChI is InChI=1S/CH2NO4P/c3-2-1-7(4,5)6/h(H2-,3,4,5,6)/p+1. The Bertz CT molecular complexity index is 148. The quantitative estimate of drug-likeness (QED) is 0.207. The third kappa shape index (κ3) is 5.60. The van der Waals surface area contributed by atoms with Crippen molar-refractivity contribution >= 4 is 13.2 Å². The van der Waals surface area contributed by atoms with Gasteiger partial charge in [0.15, 0.2) is 4.91 Å². The summed E-state index contributed by atoms with van der Waals surface area (Å²) in [4.78, 5) is 34.3. The third-order valence-corrected chi connectivity index (χ3v) is 0.525. The van der Waals surface area contributed by atoms with E-state index in [-0.39, 0.29) is 0 Å². The zero-order valence-corrected chi connectivity index (χ0v) is 4.04. The summed E-state index contributed by atoms with van der Waals surface area (Å²) in [5, 5.41) is 0. The van der Waals surface area contributed by atoms with E-state index >= 15 is 0 Å². The SMILES string of the molecule is O=[N+]=C=P(O)(O)O. The number of hydrogen-bond donors (Lipinski definition) is 3. The van der Waals surface area contributed by atoms with Crippen molar-refractivity contribution in [3.05, 3.63) is 4.91 Å². The van der Waals surface area contributed by atoms with Crippen LogP contribution in [0.25, 0.3) is 0 Å². The van der Waals surface area contributed by atoms with Crippen molar-refractivity contribution in [2.45, 2.75) is 0 Å². The van der Waals surface area contributed by atoms with Gasteiger partial charge in [0.2, 0.25) is 0 Å². The molecule has 0 aliphatic rings. The molecule has 6 heteroatoms. The molecule has 0 amide bonds. The highest BCUT2D eigenvalue weighted by atomic mass is 31.2. The molecule has 0 aromatic carbocycles. The van der Waals surface area contributed by atoms with E-state index < -0.39 is 7.57 Å². The van der Waals surface area contributed by atoms with Gasteiger partial charge in [0.05, 0.1) is 0 Å². The summed E-state index contributed by atoms with van der Waals surface area (Å²) in [7, 11) is -4.14. The Kier molecular flexibility index (Phi) is 1.93. The van der Waals surface area contributed by atoms with Gasteiger partial charge >= 0.3 is 13.2 Å². The van der Waals surface area contributed by atoms with Gasteiger partial charge in [0, 0.05) is 0 Å². The molecule has 0 bridgehead atoms. The molecular weight excluding hydrogens is 121 g/mol. The lowest BCUT2D eigenvalue weighted by Crippen LogP contribution is -1.74. The molecule has 0 aliphatic carbocycles. The maximum absolute atomic E-state index is 9.01. The Morgan fingerprint density at radius 1 is 1.43 bits per heavy atom. The molecular formula is CH3NO4P+. The van der Waals surface area contributed by atoms with Crippen LogP contribution in [0.2, 0.25) is 0 Å². The molecule has 0 spiro atoms. The van der Waals surface area contributed by atoms with Crippen molar-refractivity contribution in [2.75, 3.05) is 0 Å². The van der Waals surface area contributed by atoms with Crippen LogP contribution in [0, 0.1) is 4.91 Å². The fourth-order valence-electron chi connectivity index (χ4n) is 0.0548. The first-order chi connectivity index (χ1) is 3.06. The lowest BCUT2D eigenvalue weighted by atomic mass is 11.8. The monoisotopic (exact) mass is 124 g/mol. The minimum Gasteiger partial charge on any atom is -0.322 e. The Morgan fingerprint density at radius 2 is 1.86 bits per heavy atom. The molecule has 0 aromatic rings. The summed E-state index contributed by atoms with van der Waals surface area (Å²) < 4.78 is 0. The van der Waals surface area contributed by atoms with Gasteiger partial charge in [0.25, 0.3) is 4.85 Å². The molecule has 0 atom stereocenters. The number of hydrogen-bond acceptors (Lipinski definition) is 4. The molecule has 0 saturated carbocycles. The molecule has 0 aromatic heterocycles. The van der Waals surface area contributed by atoms with Crippen molar-refractivity contribution < 1.29 is 14.7 Å². The van der Waals surface area contributed by atoms with Crippen LogP contribution in [0.4, 0.5) is 0 Å². The van der Waals surface area contributed by atoms with E-state index in [1.807, 2.05) is 0 Å². The van der Waals surface area contributed by atoms with Crippen molar-refractivity contribution in [3.8, 4) is 0 Å². The summed E-state index contributed by atoms with van der Waals surface area (Å²) in [6.45, 7) is 0. The average Bonchev–Trinajstić information content (AvgIpc) is 1.30. The summed E-state index contributed by atoms with van der Waals surface area (Å²) >= 11 is 0. The van der Waals surface area contributed by atoms with Crippen molar-refractivity contribution in [3.63, 3.8) is 0 Å². The lowest BCUT2D eigenvalue weighted by Gasteiger charge is -1.84. The Morgan fingerprint density at radius 3 is 1.86 bits per heavy atom. The van der Waals surface area contributed by atoms with Gasteiger partial charge in [-0.1, -0.05) is 0 Å². The molecule has 0 heterocycles. The van der Waals surface area contributed by atoms with Gasteiger partial charge < -0.3 is 14.7 Å². The normalized spacial score (nSPS) is 9.57. The largest absolute Gasteiger partial charge is 0.460 e. The van der Waals surface area contributed by atoms with Gasteiger partial charge in [-0.2, -0.15) is 0 Å². The second-order valence-corrected chi connectivity index (χ2v) is 2.10. The molecule has 0 saturated heterocycles. The first-order valence-corrected chi connectivity index (χ1v) is 2.88. The first kappa shape index (κ1) is 6.60. The third-order valence-electron chi connectivity index (χ3n) is 0.175. The van der Waals surface area contributed by atoms with Gasteiger partial charge in [-0.3, -0.25) is 0 Å². The molecule has 7 heavy (non-hydrogen) atoms. The molecule has 0 rings (SSSR count). The zero-order chi connectivity index (χ0) is 5.91. The van der Waals surface area contributed by atoms with E-state index in [1.165, 1.54) is 0 Å². The van der Waals surface area contributed by atoms with Crippen LogP contribution in [0.15, 0.2) is 0 Å². The molecule has 0 unspecified atom stereocenters. The highest BCUT2D eigenvalue weighted by molar-refractivity contribution is 7.57. The van der Waals surface area contributed by atoms with Crippen LogP contribution in [0.5, 0.6) is 0 Å². The average molecular weight is 124 g/mol. The topological polar surface area (TPSA) is 91.9 Å². The summed E-state index contributed by atoms with van der Waals surface area (Å²) in [6.07, 6.45) is 0. The minimum atomic E-state index is -4.14. The van der Waals surface area contributed by atoms with Crippen LogP contribution in [0.1, 0.15) is 0 Å². The van der Waals surface area contributed by atoms with Gasteiger partial charge in [0.1, 0.15) is 0 Å². The van der Waals surface area contributed by atoms with Crippen LogP contribution < -0.4 is 4.85 Å². The molecule has 5 nitrogen and oxygen atoms in total. The lowest BCUT2D eigenvalue weighted by molar-refractivity contribution is 0.360. The van der Waals surface area contributed by atoms with Crippen LogP contribution in [0.3, 0.4) is 0 Å². The maximum Gasteiger partial charge on any atom is 0.460 e. The minimum absolute atomic E-state index is 1.13. The summed E-state index contributed by atoms with van der Waals surface area (Å²) in [5.41, 5.74) is 1.13. The molecule has 40 valence electrons. The molecule has 0 radical (unpaired) electrons. The number of rotatable bonds is 0. The van der Waals surface area contributed by atoms with Gasteiger partial charge in [-0.05, 0) is 0 Å². The van der Waals surface area contributed by atoms with E-state index in [1.54, 1.807) is 4.85 Å². The van der Waals surface area contributed by atoms with E-state index in [0.717, 1.165) is 5.59 Å². The van der Waals surface area contributed by atoms with E-state index in [2.05, 4.69) is 0 Å². The predicted octanol–water partition coefficient (Wildman–Crippen LogP) is -1.54. The fraction of sp³-hybridized carbons (Fsp3) is 0. The van der Waals surface area contributed by atoms with E-state index in [4.69, 9.17) is 19.6 Å².